The van der Waals surface area contributed by atoms with Crippen LogP contribution in [-0.2, 0) is 14.8 Å². The van der Waals surface area contributed by atoms with Crippen LogP contribution in [0.3, 0.4) is 0 Å². The van der Waals surface area contributed by atoms with Gasteiger partial charge in [-0.05, 0) is 24.8 Å². The first kappa shape index (κ1) is 14.5. The minimum atomic E-state index is -3.30. The maximum absolute atomic E-state index is 12.5. The molecule has 1 aromatic rings. The van der Waals surface area contributed by atoms with Gasteiger partial charge in [-0.2, -0.15) is 4.31 Å². The normalized spacial score (nSPS) is 28.6. The zero-order valence-corrected chi connectivity index (χ0v) is 13.2. The molecule has 0 saturated carbocycles. The fourth-order valence-electron chi connectivity index (χ4n) is 3.08. The SMILES string of the molecule is CCO[C@@H]1C[C@H]2CN(S(=O)(=O)c3cccs3)CCN2C1. The second-order valence-electron chi connectivity index (χ2n) is 5.26. The Balaban J connectivity index is 1.70. The van der Waals surface area contributed by atoms with Crippen LogP contribution in [0.5, 0.6) is 0 Å². The Morgan fingerprint density at radius 2 is 2.25 bits per heavy atom. The van der Waals surface area contributed by atoms with Crippen molar-refractivity contribution in [2.45, 2.75) is 29.7 Å². The quantitative estimate of drug-likeness (QED) is 0.838. The van der Waals surface area contributed by atoms with Gasteiger partial charge in [-0.25, -0.2) is 8.42 Å². The second-order valence-corrected chi connectivity index (χ2v) is 8.37. The summed E-state index contributed by atoms with van der Waals surface area (Å²) >= 11 is 1.29. The molecule has 20 heavy (non-hydrogen) atoms. The lowest BCUT2D eigenvalue weighted by molar-refractivity contribution is 0.0686. The molecule has 0 unspecified atom stereocenters. The fourth-order valence-corrected chi connectivity index (χ4v) is 5.69. The van der Waals surface area contributed by atoms with E-state index in [1.807, 2.05) is 12.3 Å². The Kier molecular flexibility index (Phi) is 4.14. The fraction of sp³-hybridized carbons (Fsp3) is 0.692. The van der Waals surface area contributed by atoms with E-state index in [0.29, 0.717) is 23.3 Å². The minimum Gasteiger partial charge on any atom is -0.377 e. The van der Waals surface area contributed by atoms with Crippen molar-refractivity contribution in [3.8, 4) is 0 Å². The van der Waals surface area contributed by atoms with Crippen molar-refractivity contribution in [2.75, 3.05) is 32.8 Å². The van der Waals surface area contributed by atoms with Gasteiger partial charge in [0.2, 0.25) is 0 Å². The molecule has 0 radical (unpaired) electrons. The lowest BCUT2D eigenvalue weighted by Gasteiger charge is -2.36. The number of nitrogens with zero attached hydrogens (tertiary/aromatic N) is 2. The first-order valence-corrected chi connectivity index (χ1v) is 9.32. The van der Waals surface area contributed by atoms with Crippen molar-refractivity contribution in [2.24, 2.45) is 0 Å². The van der Waals surface area contributed by atoms with Crippen LogP contribution in [0.1, 0.15) is 13.3 Å². The molecule has 3 rings (SSSR count). The summed E-state index contributed by atoms with van der Waals surface area (Å²) < 4.78 is 32.8. The van der Waals surface area contributed by atoms with E-state index < -0.39 is 10.0 Å². The van der Waals surface area contributed by atoms with Crippen LogP contribution >= 0.6 is 11.3 Å². The average molecular weight is 316 g/mol. The van der Waals surface area contributed by atoms with Gasteiger partial charge in [0.1, 0.15) is 4.21 Å². The van der Waals surface area contributed by atoms with Gasteiger partial charge in [-0.3, -0.25) is 4.90 Å². The molecule has 7 heteroatoms. The van der Waals surface area contributed by atoms with E-state index >= 15 is 0 Å². The predicted molar refractivity (Wildman–Crippen MR) is 78.5 cm³/mol. The third-order valence-corrected chi connectivity index (χ3v) is 7.27. The summed E-state index contributed by atoms with van der Waals surface area (Å²) in [6.07, 6.45) is 1.19. The molecule has 0 aromatic carbocycles. The van der Waals surface area contributed by atoms with Crippen LogP contribution in [0.25, 0.3) is 0 Å². The summed E-state index contributed by atoms with van der Waals surface area (Å²) in [5.41, 5.74) is 0. The lowest BCUT2D eigenvalue weighted by Crippen LogP contribution is -2.51. The number of sulfonamides is 1. The van der Waals surface area contributed by atoms with Gasteiger partial charge in [-0.1, -0.05) is 6.07 Å². The summed E-state index contributed by atoms with van der Waals surface area (Å²) in [5, 5.41) is 1.81. The lowest BCUT2D eigenvalue weighted by atomic mass is 10.2. The van der Waals surface area contributed by atoms with E-state index in [-0.39, 0.29) is 6.10 Å². The topological polar surface area (TPSA) is 49.9 Å². The van der Waals surface area contributed by atoms with E-state index in [2.05, 4.69) is 4.90 Å². The molecule has 2 atom stereocenters. The molecule has 5 nitrogen and oxygen atoms in total. The number of hydrogen-bond donors (Lipinski definition) is 0. The zero-order chi connectivity index (χ0) is 14.2. The number of thiophene rings is 1. The van der Waals surface area contributed by atoms with Crippen LogP contribution in [0.15, 0.2) is 21.7 Å². The Morgan fingerprint density at radius 3 is 2.95 bits per heavy atom. The van der Waals surface area contributed by atoms with Gasteiger partial charge in [0.25, 0.3) is 10.0 Å². The Labute approximate surface area is 124 Å². The summed E-state index contributed by atoms with van der Waals surface area (Å²) in [7, 11) is -3.30. The molecule has 3 heterocycles. The maximum atomic E-state index is 12.5. The van der Waals surface area contributed by atoms with Crippen LogP contribution in [0.2, 0.25) is 0 Å². The average Bonchev–Trinajstić information content (AvgIpc) is 3.07. The Hall–Kier alpha value is -0.470. The highest BCUT2D eigenvalue weighted by Gasteiger charge is 2.40. The van der Waals surface area contributed by atoms with Crippen LogP contribution < -0.4 is 0 Å². The van der Waals surface area contributed by atoms with E-state index in [1.165, 1.54) is 11.3 Å². The zero-order valence-electron chi connectivity index (χ0n) is 11.6. The molecule has 112 valence electrons. The summed E-state index contributed by atoms with van der Waals surface area (Å²) in [6, 6.07) is 3.77. The molecular weight excluding hydrogens is 296 g/mol. The van der Waals surface area contributed by atoms with Gasteiger partial charge in [-0.15, -0.1) is 11.3 Å². The molecule has 0 N–H and O–H groups in total. The van der Waals surface area contributed by atoms with Crippen molar-refractivity contribution < 1.29 is 13.2 Å². The van der Waals surface area contributed by atoms with Gasteiger partial charge in [0.05, 0.1) is 6.10 Å². The molecule has 1 aromatic heterocycles. The van der Waals surface area contributed by atoms with Gasteiger partial charge < -0.3 is 4.74 Å². The molecular formula is C13H20N2O3S2. The largest absolute Gasteiger partial charge is 0.377 e. The summed E-state index contributed by atoms with van der Waals surface area (Å²) in [6.45, 7) is 5.64. The number of ether oxygens (including phenoxy) is 1. The third kappa shape index (κ3) is 2.65. The summed E-state index contributed by atoms with van der Waals surface area (Å²) in [4.78, 5) is 2.36. The second kappa shape index (κ2) is 5.73. The van der Waals surface area contributed by atoms with Gasteiger partial charge >= 0.3 is 0 Å². The standard InChI is InChI=1S/C13H20N2O3S2/c1-2-18-12-8-11-9-15(6-5-14(11)10-12)20(16,17)13-4-3-7-19-13/h3-4,7,11-12H,2,5-6,8-10H2,1H3/t11-,12+/m0/s1. The van der Waals surface area contributed by atoms with E-state index in [9.17, 15) is 8.42 Å². The third-order valence-electron chi connectivity index (χ3n) is 4.03. The summed E-state index contributed by atoms with van der Waals surface area (Å²) in [5.74, 6) is 0. The number of rotatable bonds is 4. The van der Waals surface area contributed by atoms with Crippen molar-refractivity contribution in [1.82, 2.24) is 9.21 Å². The van der Waals surface area contributed by atoms with Gasteiger partial charge in [0, 0.05) is 38.8 Å². The van der Waals surface area contributed by atoms with Crippen molar-refractivity contribution >= 4 is 21.4 Å². The van der Waals surface area contributed by atoms with Crippen molar-refractivity contribution in [1.29, 1.82) is 0 Å². The van der Waals surface area contributed by atoms with Crippen molar-refractivity contribution in [3.63, 3.8) is 0 Å². The molecule has 2 fully saturated rings. The van der Waals surface area contributed by atoms with Crippen LogP contribution in [0, 0.1) is 0 Å². The highest BCUT2D eigenvalue weighted by Crippen LogP contribution is 2.28. The highest BCUT2D eigenvalue weighted by atomic mass is 32.2. The molecule has 0 amide bonds. The molecule has 0 bridgehead atoms. The van der Waals surface area contributed by atoms with Crippen molar-refractivity contribution in [3.05, 3.63) is 17.5 Å². The Morgan fingerprint density at radius 1 is 1.40 bits per heavy atom. The Bertz CT molecular complexity index is 544. The monoisotopic (exact) mass is 316 g/mol. The predicted octanol–water partition coefficient (Wildman–Crippen LogP) is 1.23. The minimum absolute atomic E-state index is 0.259. The molecule has 2 saturated heterocycles. The molecule has 2 aliphatic rings. The molecule has 0 aliphatic carbocycles. The maximum Gasteiger partial charge on any atom is 0.252 e. The first-order chi connectivity index (χ1) is 9.61. The number of fused-ring (bicyclic) bond motifs is 1. The van der Waals surface area contributed by atoms with Crippen LogP contribution in [-0.4, -0.2) is 62.6 Å². The smallest absolute Gasteiger partial charge is 0.252 e. The van der Waals surface area contributed by atoms with Crippen LogP contribution in [0.4, 0.5) is 0 Å². The van der Waals surface area contributed by atoms with Gasteiger partial charge in [0.15, 0.2) is 0 Å². The first-order valence-electron chi connectivity index (χ1n) is 7.00. The number of hydrogen-bond acceptors (Lipinski definition) is 5. The highest BCUT2D eigenvalue weighted by molar-refractivity contribution is 7.91. The van der Waals surface area contributed by atoms with E-state index in [0.717, 1.165) is 26.1 Å². The number of piperazine rings is 1. The van der Waals surface area contributed by atoms with E-state index in [4.69, 9.17) is 4.74 Å². The van der Waals surface area contributed by atoms with E-state index in [1.54, 1.807) is 16.4 Å². The molecule has 2 aliphatic heterocycles. The molecule has 0 spiro atoms.